The predicted octanol–water partition coefficient (Wildman–Crippen LogP) is 1.47. The molecule has 2 aromatic carbocycles. The lowest BCUT2D eigenvalue weighted by Gasteiger charge is -1.89. The van der Waals surface area contributed by atoms with Gasteiger partial charge in [0.2, 0.25) is 10.9 Å². The highest BCUT2D eigenvalue weighted by Crippen LogP contribution is 2.11. The summed E-state index contributed by atoms with van der Waals surface area (Å²) in [6.45, 7) is 1.87. The smallest absolute Gasteiger partial charge is 0.244 e. The third-order valence-corrected chi connectivity index (χ3v) is 2.48. The van der Waals surface area contributed by atoms with E-state index in [1.807, 2.05) is 13.0 Å². The first-order valence-electron chi connectivity index (χ1n) is 3.85. The van der Waals surface area contributed by atoms with Crippen molar-refractivity contribution in [3.63, 3.8) is 0 Å². The van der Waals surface area contributed by atoms with Crippen molar-refractivity contribution in [2.75, 3.05) is 0 Å². The SMILES string of the molecule is Cc1ccc2c(=S)c(=O)c(=O)c2c1. The molecule has 2 rings (SSSR count). The maximum atomic E-state index is 11.3. The van der Waals surface area contributed by atoms with E-state index in [1.165, 1.54) is 0 Å². The lowest BCUT2D eigenvalue weighted by atomic mass is 10.1. The van der Waals surface area contributed by atoms with E-state index in [-0.39, 0.29) is 4.51 Å². The van der Waals surface area contributed by atoms with Crippen LogP contribution in [-0.2, 0) is 0 Å². The van der Waals surface area contributed by atoms with Crippen molar-refractivity contribution in [1.82, 2.24) is 0 Å². The quantitative estimate of drug-likeness (QED) is 0.466. The van der Waals surface area contributed by atoms with Crippen LogP contribution in [0.4, 0.5) is 0 Å². The van der Waals surface area contributed by atoms with Gasteiger partial charge in [0.1, 0.15) is 0 Å². The average molecular weight is 190 g/mol. The summed E-state index contributed by atoms with van der Waals surface area (Å²) < 4.78 is 0.153. The molecule has 0 aromatic heterocycles. The first-order valence-corrected chi connectivity index (χ1v) is 4.26. The molecule has 0 aliphatic carbocycles. The number of fused-ring (bicyclic) bond motifs is 1. The van der Waals surface area contributed by atoms with Gasteiger partial charge in [-0.1, -0.05) is 29.9 Å². The Morgan fingerprint density at radius 1 is 1.08 bits per heavy atom. The Kier molecular flexibility index (Phi) is 1.63. The van der Waals surface area contributed by atoms with Gasteiger partial charge in [-0.25, -0.2) is 0 Å². The van der Waals surface area contributed by atoms with Crippen molar-refractivity contribution in [2.24, 2.45) is 0 Å². The van der Waals surface area contributed by atoms with Gasteiger partial charge in [0.15, 0.2) is 0 Å². The number of benzene rings is 1. The minimum absolute atomic E-state index is 0.153. The fraction of sp³-hybridized carbons (Fsp3) is 0.100. The van der Waals surface area contributed by atoms with Crippen LogP contribution >= 0.6 is 12.2 Å². The molecule has 2 aromatic rings. The van der Waals surface area contributed by atoms with Crippen LogP contribution in [0.3, 0.4) is 0 Å². The summed E-state index contributed by atoms with van der Waals surface area (Å²) in [5.74, 6) is 0. The monoisotopic (exact) mass is 190 g/mol. The molecule has 13 heavy (non-hydrogen) atoms. The zero-order valence-electron chi connectivity index (χ0n) is 6.96. The zero-order valence-corrected chi connectivity index (χ0v) is 7.77. The van der Waals surface area contributed by atoms with E-state index in [2.05, 4.69) is 0 Å². The third kappa shape index (κ3) is 1.04. The average Bonchev–Trinajstić information content (AvgIpc) is 2.32. The van der Waals surface area contributed by atoms with Crippen molar-refractivity contribution >= 4 is 23.0 Å². The lowest BCUT2D eigenvalue weighted by molar-refractivity contribution is 1.51. The van der Waals surface area contributed by atoms with E-state index in [4.69, 9.17) is 12.2 Å². The van der Waals surface area contributed by atoms with Crippen LogP contribution in [0.25, 0.3) is 10.8 Å². The van der Waals surface area contributed by atoms with E-state index < -0.39 is 10.9 Å². The van der Waals surface area contributed by atoms with Crippen LogP contribution < -0.4 is 10.9 Å². The van der Waals surface area contributed by atoms with Gasteiger partial charge in [-0.15, -0.1) is 0 Å². The predicted molar refractivity (Wildman–Crippen MR) is 54.4 cm³/mol. The van der Waals surface area contributed by atoms with Crippen LogP contribution in [0, 0.1) is 11.4 Å². The van der Waals surface area contributed by atoms with Crippen molar-refractivity contribution in [2.45, 2.75) is 6.92 Å². The summed E-state index contributed by atoms with van der Waals surface area (Å²) in [6.07, 6.45) is 0. The molecule has 0 heterocycles. The van der Waals surface area contributed by atoms with Crippen LogP contribution in [0.5, 0.6) is 0 Å². The number of rotatable bonds is 0. The van der Waals surface area contributed by atoms with Gasteiger partial charge in [-0.05, 0) is 13.0 Å². The van der Waals surface area contributed by atoms with Crippen molar-refractivity contribution in [3.05, 3.63) is 48.7 Å². The standard InChI is InChI=1S/C10H6O2S/c1-5-2-3-6-7(4-5)8(11)9(12)10(6)13/h2-4H,1H3. The highest BCUT2D eigenvalue weighted by atomic mass is 32.1. The Balaban J connectivity index is 3.23. The summed E-state index contributed by atoms with van der Waals surface area (Å²) in [4.78, 5) is 22.5. The number of aryl methyl sites for hydroxylation is 1. The topological polar surface area (TPSA) is 34.1 Å². The molecule has 0 radical (unpaired) electrons. The molecule has 0 saturated heterocycles. The summed E-state index contributed by atoms with van der Waals surface area (Å²) >= 11 is 4.85. The van der Waals surface area contributed by atoms with E-state index in [1.54, 1.807) is 12.1 Å². The maximum absolute atomic E-state index is 11.3. The molecule has 0 bridgehead atoms. The molecule has 0 aliphatic heterocycles. The first kappa shape index (κ1) is 8.26. The molecule has 0 atom stereocenters. The third-order valence-electron chi connectivity index (χ3n) is 2.08. The van der Waals surface area contributed by atoms with Gasteiger partial charge in [0, 0.05) is 10.8 Å². The molecular formula is C10H6O2S. The van der Waals surface area contributed by atoms with Gasteiger partial charge in [-0.2, -0.15) is 0 Å². The van der Waals surface area contributed by atoms with Crippen molar-refractivity contribution in [3.8, 4) is 0 Å². The second kappa shape index (κ2) is 2.57. The molecule has 0 fully saturated rings. The van der Waals surface area contributed by atoms with Gasteiger partial charge in [0.05, 0.1) is 4.51 Å². The van der Waals surface area contributed by atoms with Gasteiger partial charge in [0.25, 0.3) is 0 Å². The first-order chi connectivity index (χ1) is 6.11. The van der Waals surface area contributed by atoms with Crippen LogP contribution in [0.1, 0.15) is 5.56 Å². The van der Waals surface area contributed by atoms with E-state index in [9.17, 15) is 9.59 Å². The molecule has 2 nitrogen and oxygen atoms in total. The largest absolute Gasteiger partial charge is 0.285 e. The fourth-order valence-electron chi connectivity index (χ4n) is 1.39. The van der Waals surface area contributed by atoms with E-state index >= 15 is 0 Å². The molecule has 0 N–H and O–H groups in total. The normalized spacial score (nSPS) is 10.8. The Bertz CT molecular complexity index is 619. The lowest BCUT2D eigenvalue weighted by Crippen LogP contribution is -2.17. The number of hydrogen-bond acceptors (Lipinski definition) is 3. The van der Waals surface area contributed by atoms with E-state index in [0.717, 1.165) is 5.56 Å². The molecule has 0 saturated carbocycles. The van der Waals surface area contributed by atoms with Crippen LogP contribution in [0.2, 0.25) is 0 Å². The second-order valence-electron chi connectivity index (χ2n) is 3.04. The van der Waals surface area contributed by atoms with Crippen LogP contribution in [0.15, 0.2) is 27.8 Å². The molecular weight excluding hydrogens is 184 g/mol. The van der Waals surface area contributed by atoms with Gasteiger partial charge >= 0.3 is 0 Å². The Morgan fingerprint density at radius 2 is 1.77 bits per heavy atom. The van der Waals surface area contributed by atoms with Crippen molar-refractivity contribution < 1.29 is 0 Å². The minimum Gasteiger partial charge on any atom is -0.285 e. The molecule has 64 valence electrons. The highest BCUT2D eigenvalue weighted by molar-refractivity contribution is 7.71. The van der Waals surface area contributed by atoms with Gasteiger partial charge < -0.3 is 0 Å². The summed E-state index contributed by atoms with van der Waals surface area (Å²) in [6, 6.07) is 5.28. The minimum atomic E-state index is -0.546. The van der Waals surface area contributed by atoms with Crippen LogP contribution in [-0.4, -0.2) is 0 Å². The molecule has 0 amide bonds. The summed E-state index contributed by atoms with van der Waals surface area (Å²) in [5, 5.41) is 1.06. The zero-order chi connectivity index (χ0) is 9.59. The Hall–Kier alpha value is -1.35. The van der Waals surface area contributed by atoms with Gasteiger partial charge in [-0.3, -0.25) is 9.59 Å². The highest BCUT2D eigenvalue weighted by Gasteiger charge is 2.08. The fourth-order valence-corrected chi connectivity index (χ4v) is 1.66. The summed E-state index contributed by atoms with van der Waals surface area (Å²) in [5.41, 5.74) is -0.0519. The molecule has 0 unspecified atom stereocenters. The molecule has 0 spiro atoms. The Labute approximate surface area is 79.1 Å². The van der Waals surface area contributed by atoms with Crippen molar-refractivity contribution in [1.29, 1.82) is 0 Å². The molecule has 0 aliphatic rings. The van der Waals surface area contributed by atoms with E-state index in [0.29, 0.717) is 10.8 Å². The Morgan fingerprint density at radius 3 is 2.46 bits per heavy atom. The second-order valence-corrected chi connectivity index (χ2v) is 3.44. The number of hydrogen-bond donors (Lipinski definition) is 0. The molecule has 3 heteroatoms. The maximum Gasteiger partial charge on any atom is 0.244 e. The summed E-state index contributed by atoms with van der Waals surface area (Å²) in [7, 11) is 0.